The summed E-state index contributed by atoms with van der Waals surface area (Å²) in [7, 11) is 0. The van der Waals surface area contributed by atoms with Crippen molar-refractivity contribution in [3.05, 3.63) is 253 Å². The van der Waals surface area contributed by atoms with Gasteiger partial charge in [-0.1, -0.05) is 137 Å². The second-order valence-electron chi connectivity index (χ2n) is 17.9. The number of anilines is 12. The van der Waals surface area contributed by atoms with E-state index >= 15 is 0 Å². The van der Waals surface area contributed by atoms with Crippen molar-refractivity contribution >= 4 is 68.2 Å². The molecule has 0 aromatic heterocycles. The molecule has 2 aliphatic rings. The van der Waals surface area contributed by atoms with Crippen molar-refractivity contribution in [2.24, 2.45) is 0 Å². The largest absolute Gasteiger partial charge is 0.310 e. The number of para-hydroxylation sites is 6. The van der Waals surface area contributed by atoms with Crippen molar-refractivity contribution < 1.29 is 0 Å². The maximum absolute atomic E-state index is 2.51. The van der Waals surface area contributed by atoms with Crippen molar-refractivity contribution in [2.45, 2.75) is 38.5 Å². The normalized spacial score (nSPS) is 14.1. The van der Waals surface area contributed by atoms with Gasteiger partial charge in [0.25, 0.3) is 0 Å². The third-order valence-corrected chi connectivity index (χ3v) is 13.3. The van der Waals surface area contributed by atoms with Crippen LogP contribution in [0.2, 0.25) is 0 Å². The summed E-state index contributed by atoms with van der Waals surface area (Å²) < 4.78 is 0. The first-order valence-electron chi connectivity index (χ1n) is 22.3. The molecule has 310 valence electrons. The molecule has 0 radical (unpaired) electrons. The Kier molecular flexibility index (Phi) is 9.47. The number of fused-ring (bicyclic) bond motifs is 4. The van der Waals surface area contributed by atoms with Gasteiger partial charge in [0.1, 0.15) is 0 Å². The molecule has 0 atom stereocenters. The number of hydrogen-bond acceptors (Lipinski definition) is 4. The van der Waals surface area contributed by atoms with Gasteiger partial charge in [-0.2, -0.15) is 0 Å². The molecule has 0 amide bonds. The Bertz CT molecular complexity index is 2800. The highest BCUT2D eigenvalue weighted by molar-refractivity contribution is 5.94. The van der Waals surface area contributed by atoms with Crippen LogP contribution in [0.1, 0.15) is 49.9 Å². The minimum atomic E-state index is -0.372. The van der Waals surface area contributed by atoms with Gasteiger partial charge in [0.2, 0.25) is 0 Å². The zero-order valence-corrected chi connectivity index (χ0v) is 36.7. The molecule has 9 aromatic carbocycles. The molecule has 0 fully saturated rings. The summed E-state index contributed by atoms with van der Waals surface area (Å²) in [6.07, 6.45) is 0. The van der Waals surface area contributed by atoms with Gasteiger partial charge >= 0.3 is 0 Å². The van der Waals surface area contributed by atoms with Crippen LogP contribution in [0.15, 0.2) is 231 Å². The van der Waals surface area contributed by atoms with E-state index in [0.29, 0.717) is 0 Å². The Morgan fingerprint density at radius 3 is 0.828 bits per heavy atom. The maximum atomic E-state index is 2.51. The van der Waals surface area contributed by atoms with Gasteiger partial charge in [-0.3, -0.25) is 0 Å². The average molecular weight is 827 g/mol. The van der Waals surface area contributed by atoms with Crippen LogP contribution in [-0.2, 0) is 10.8 Å². The predicted molar refractivity (Wildman–Crippen MR) is 269 cm³/mol. The van der Waals surface area contributed by atoms with Crippen LogP contribution < -0.4 is 19.6 Å². The fourth-order valence-corrected chi connectivity index (χ4v) is 10.1. The summed E-state index contributed by atoms with van der Waals surface area (Å²) in [6.45, 7) is 9.62. The monoisotopic (exact) mass is 826 g/mol. The lowest BCUT2D eigenvalue weighted by molar-refractivity contribution is 0.615. The lowest BCUT2D eigenvalue weighted by Gasteiger charge is -2.47. The van der Waals surface area contributed by atoms with E-state index in [9.17, 15) is 0 Å². The quantitative estimate of drug-likeness (QED) is 0.151. The number of nitrogens with zero attached hydrogens (tertiary/aromatic N) is 4. The van der Waals surface area contributed by atoms with Crippen LogP contribution in [0.25, 0.3) is 0 Å². The van der Waals surface area contributed by atoms with Crippen LogP contribution >= 0.6 is 0 Å². The topological polar surface area (TPSA) is 13.0 Å². The van der Waals surface area contributed by atoms with E-state index < -0.39 is 0 Å². The van der Waals surface area contributed by atoms with Gasteiger partial charge in [0.15, 0.2) is 0 Å². The Labute approximate surface area is 377 Å². The standard InChI is InChI=1S/C60H50N4/c1-59(2)51-39-49(61(43-23-11-5-12-24-43)44-25-13-6-14-26-44)35-37-55(51)63(47-31-19-9-20-32-47)57-42-54-58(41-53(57)59)64(48-33-21-10-22-34-48)56-38-36-50(40-52(56)60(54,3)4)62(45-27-15-7-16-28-45)46-29-17-8-18-30-46/h5-42H,1-4H3. The van der Waals surface area contributed by atoms with E-state index in [4.69, 9.17) is 0 Å². The molecule has 0 saturated carbocycles. The first kappa shape index (κ1) is 39.1. The number of benzene rings is 9. The summed E-state index contributed by atoms with van der Waals surface area (Å²) in [4.78, 5) is 9.73. The molecular weight excluding hydrogens is 777 g/mol. The summed E-state index contributed by atoms with van der Waals surface area (Å²) in [5.74, 6) is 0. The van der Waals surface area contributed by atoms with Crippen LogP contribution in [0.5, 0.6) is 0 Å². The van der Waals surface area contributed by atoms with Crippen molar-refractivity contribution in [3.8, 4) is 0 Å². The van der Waals surface area contributed by atoms with Crippen LogP contribution in [0.3, 0.4) is 0 Å². The van der Waals surface area contributed by atoms with Crippen molar-refractivity contribution in [1.82, 2.24) is 0 Å². The molecule has 0 unspecified atom stereocenters. The minimum absolute atomic E-state index is 0.372. The van der Waals surface area contributed by atoms with Gasteiger partial charge in [-0.25, -0.2) is 0 Å². The second-order valence-corrected chi connectivity index (χ2v) is 17.9. The summed E-state index contributed by atoms with van der Waals surface area (Å²) in [5, 5.41) is 0. The third-order valence-electron chi connectivity index (χ3n) is 13.3. The molecule has 2 heterocycles. The van der Waals surface area contributed by atoms with Crippen molar-refractivity contribution in [3.63, 3.8) is 0 Å². The molecule has 0 bridgehead atoms. The third kappa shape index (κ3) is 6.45. The van der Waals surface area contributed by atoms with E-state index in [-0.39, 0.29) is 10.8 Å². The van der Waals surface area contributed by atoms with Crippen LogP contribution in [-0.4, -0.2) is 0 Å². The molecule has 0 saturated heterocycles. The highest BCUT2D eigenvalue weighted by Crippen LogP contribution is 2.60. The predicted octanol–water partition coefficient (Wildman–Crippen LogP) is 16.8. The smallest absolute Gasteiger partial charge is 0.0507 e. The SMILES string of the molecule is CC1(C)c2cc(N(c3ccccc3)c3ccccc3)ccc2N(c2ccccc2)c2cc3c(cc21)N(c1ccccc1)c1ccc(N(c2ccccc2)c2ccccc2)cc1C3(C)C. The lowest BCUT2D eigenvalue weighted by atomic mass is 9.68. The first-order valence-corrected chi connectivity index (χ1v) is 22.3. The lowest BCUT2D eigenvalue weighted by Crippen LogP contribution is -2.35. The van der Waals surface area contributed by atoms with Gasteiger partial charge in [0, 0.05) is 56.3 Å². The maximum Gasteiger partial charge on any atom is 0.0507 e. The zero-order valence-electron chi connectivity index (χ0n) is 36.7. The molecule has 0 N–H and O–H groups in total. The number of rotatable bonds is 8. The number of hydrogen-bond donors (Lipinski definition) is 0. The van der Waals surface area contributed by atoms with Gasteiger partial charge in [0.05, 0.1) is 22.7 Å². The van der Waals surface area contributed by atoms with E-state index in [1.807, 2.05) is 0 Å². The second kappa shape index (κ2) is 15.5. The van der Waals surface area contributed by atoms with Crippen molar-refractivity contribution in [1.29, 1.82) is 0 Å². The van der Waals surface area contributed by atoms with Crippen molar-refractivity contribution in [2.75, 3.05) is 19.6 Å². The molecule has 9 aromatic rings. The van der Waals surface area contributed by atoms with Crippen LogP contribution in [0, 0.1) is 0 Å². The first-order chi connectivity index (χ1) is 31.3. The Morgan fingerprint density at radius 2 is 0.531 bits per heavy atom. The van der Waals surface area contributed by atoms with Gasteiger partial charge < -0.3 is 19.6 Å². The Morgan fingerprint density at radius 1 is 0.266 bits per heavy atom. The fraction of sp³-hybridized carbons (Fsp3) is 0.100. The fourth-order valence-electron chi connectivity index (χ4n) is 10.1. The van der Waals surface area contributed by atoms with E-state index in [0.717, 1.165) is 45.5 Å². The van der Waals surface area contributed by atoms with Gasteiger partial charge in [-0.15, -0.1) is 0 Å². The van der Waals surface area contributed by atoms with Crippen LogP contribution in [0.4, 0.5) is 68.2 Å². The minimum Gasteiger partial charge on any atom is -0.310 e. The summed E-state index contributed by atoms with van der Waals surface area (Å²) >= 11 is 0. The average Bonchev–Trinajstić information content (AvgIpc) is 3.34. The molecule has 2 aliphatic heterocycles. The van der Waals surface area contributed by atoms with E-state index in [1.165, 1.54) is 45.0 Å². The molecule has 11 rings (SSSR count). The molecule has 4 heteroatoms. The highest BCUT2D eigenvalue weighted by atomic mass is 15.2. The summed E-state index contributed by atoms with van der Waals surface area (Å²) in [5.41, 5.74) is 18.1. The molecule has 0 aliphatic carbocycles. The Hall–Kier alpha value is -7.82. The molecular formula is C60H50N4. The molecule has 4 nitrogen and oxygen atoms in total. The summed E-state index contributed by atoms with van der Waals surface area (Å²) in [6, 6.07) is 83.7. The zero-order chi connectivity index (χ0) is 43.4. The molecule has 0 spiro atoms. The molecule has 64 heavy (non-hydrogen) atoms. The Balaban J connectivity index is 1.13. The highest BCUT2D eigenvalue weighted by Gasteiger charge is 2.43. The van der Waals surface area contributed by atoms with E-state index in [2.05, 4.69) is 278 Å². The van der Waals surface area contributed by atoms with E-state index in [1.54, 1.807) is 0 Å². The van der Waals surface area contributed by atoms with Gasteiger partial charge in [-0.05, 0) is 144 Å².